The van der Waals surface area contributed by atoms with Gasteiger partial charge in [-0.25, -0.2) is 0 Å². The molecule has 0 saturated heterocycles. The first-order valence-electron chi connectivity index (χ1n) is 4.52. The van der Waals surface area contributed by atoms with Gasteiger partial charge in [-0.3, -0.25) is 0 Å². The fourth-order valence-electron chi connectivity index (χ4n) is 0.754. The highest BCUT2D eigenvalue weighted by atomic mass is 16.5. The van der Waals surface area contributed by atoms with E-state index in [1.807, 2.05) is 13.8 Å². The molecule has 0 aromatic carbocycles. The Labute approximate surface area is 74.4 Å². The lowest BCUT2D eigenvalue weighted by molar-refractivity contribution is -0.0976. The van der Waals surface area contributed by atoms with E-state index in [1.165, 1.54) is 0 Å². The van der Waals surface area contributed by atoms with Gasteiger partial charge < -0.3 is 14.9 Å². The average Bonchev–Trinajstić information content (AvgIpc) is 2.05. The molecule has 0 spiro atoms. The lowest BCUT2D eigenvalue weighted by Gasteiger charge is -2.27. The molecule has 0 aromatic heterocycles. The second-order valence-electron chi connectivity index (χ2n) is 3.30. The zero-order valence-corrected chi connectivity index (χ0v) is 8.21. The number of ether oxygens (including phenoxy) is 1. The van der Waals surface area contributed by atoms with Crippen molar-refractivity contribution < 1.29 is 14.9 Å². The number of aliphatic hydroxyl groups excluding tert-OH is 1. The second-order valence-corrected chi connectivity index (χ2v) is 3.30. The van der Waals surface area contributed by atoms with Crippen molar-refractivity contribution in [1.82, 2.24) is 0 Å². The van der Waals surface area contributed by atoms with Gasteiger partial charge in [0.1, 0.15) is 6.10 Å². The standard InChI is InChI=1S/C9H20O3/c1-4-6-12-7-8(10)9(3,11)5-2/h8,10-11H,4-7H2,1-3H3. The van der Waals surface area contributed by atoms with Gasteiger partial charge in [0.2, 0.25) is 0 Å². The van der Waals surface area contributed by atoms with E-state index in [9.17, 15) is 10.2 Å². The van der Waals surface area contributed by atoms with Gasteiger partial charge >= 0.3 is 0 Å². The molecule has 0 bridgehead atoms. The van der Waals surface area contributed by atoms with Gasteiger partial charge in [0, 0.05) is 6.61 Å². The molecule has 0 rings (SSSR count). The van der Waals surface area contributed by atoms with Crippen molar-refractivity contribution in [3.8, 4) is 0 Å². The maximum Gasteiger partial charge on any atom is 0.106 e. The quantitative estimate of drug-likeness (QED) is 0.592. The Morgan fingerprint density at radius 3 is 2.42 bits per heavy atom. The van der Waals surface area contributed by atoms with Crippen molar-refractivity contribution in [2.45, 2.75) is 45.3 Å². The van der Waals surface area contributed by atoms with Crippen molar-refractivity contribution in [2.75, 3.05) is 13.2 Å². The highest BCUT2D eigenvalue weighted by Crippen LogP contribution is 2.14. The van der Waals surface area contributed by atoms with Crippen LogP contribution in [-0.4, -0.2) is 35.1 Å². The van der Waals surface area contributed by atoms with Gasteiger partial charge in [0.05, 0.1) is 12.2 Å². The summed E-state index contributed by atoms with van der Waals surface area (Å²) in [6.45, 7) is 6.31. The maximum absolute atomic E-state index is 9.56. The van der Waals surface area contributed by atoms with E-state index >= 15 is 0 Å². The lowest BCUT2D eigenvalue weighted by atomic mass is 9.97. The van der Waals surface area contributed by atoms with Gasteiger partial charge in [-0.2, -0.15) is 0 Å². The molecular weight excluding hydrogens is 156 g/mol. The summed E-state index contributed by atoms with van der Waals surface area (Å²) in [6.07, 6.45) is 0.680. The van der Waals surface area contributed by atoms with Crippen molar-refractivity contribution >= 4 is 0 Å². The lowest BCUT2D eigenvalue weighted by Crippen LogP contribution is -2.41. The number of hydrogen-bond acceptors (Lipinski definition) is 3. The monoisotopic (exact) mass is 176 g/mol. The Morgan fingerprint density at radius 1 is 1.42 bits per heavy atom. The van der Waals surface area contributed by atoms with Crippen LogP contribution in [0.2, 0.25) is 0 Å². The third kappa shape index (κ3) is 4.04. The SMILES string of the molecule is CCCOCC(O)C(C)(O)CC. The third-order valence-corrected chi connectivity index (χ3v) is 2.06. The Hall–Kier alpha value is -0.120. The molecule has 0 heterocycles. The molecule has 2 atom stereocenters. The topological polar surface area (TPSA) is 49.7 Å². The highest BCUT2D eigenvalue weighted by molar-refractivity contribution is 4.79. The Kier molecular flexibility index (Phi) is 5.46. The fourth-order valence-corrected chi connectivity index (χ4v) is 0.754. The first-order valence-corrected chi connectivity index (χ1v) is 4.52. The molecule has 0 radical (unpaired) electrons. The molecule has 0 aliphatic carbocycles. The van der Waals surface area contributed by atoms with E-state index in [0.717, 1.165) is 6.42 Å². The minimum Gasteiger partial charge on any atom is -0.388 e. The average molecular weight is 176 g/mol. The van der Waals surface area contributed by atoms with Gasteiger partial charge in [0.15, 0.2) is 0 Å². The normalized spacial score (nSPS) is 18.8. The zero-order valence-electron chi connectivity index (χ0n) is 8.21. The predicted molar refractivity (Wildman–Crippen MR) is 48.0 cm³/mol. The first-order chi connectivity index (χ1) is 5.54. The molecule has 2 N–H and O–H groups in total. The first kappa shape index (κ1) is 11.9. The molecule has 74 valence electrons. The molecule has 3 heteroatoms. The maximum atomic E-state index is 9.56. The summed E-state index contributed by atoms with van der Waals surface area (Å²) in [6, 6.07) is 0. The van der Waals surface area contributed by atoms with E-state index in [4.69, 9.17) is 4.74 Å². The number of hydrogen-bond donors (Lipinski definition) is 2. The Balaban J connectivity index is 3.63. The predicted octanol–water partition coefficient (Wildman–Crippen LogP) is 0.935. The molecule has 0 fully saturated rings. The summed E-state index contributed by atoms with van der Waals surface area (Å²) >= 11 is 0. The van der Waals surface area contributed by atoms with Crippen LogP contribution < -0.4 is 0 Å². The number of rotatable bonds is 6. The molecule has 0 aliphatic rings. The zero-order chi connectivity index (χ0) is 9.61. The van der Waals surface area contributed by atoms with Crippen LogP contribution in [0.5, 0.6) is 0 Å². The minimum absolute atomic E-state index is 0.217. The van der Waals surface area contributed by atoms with Crippen LogP contribution in [0.1, 0.15) is 33.6 Å². The molecule has 2 unspecified atom stereocenters. The van der Waals surface area contributed by atoms with E-state index in [2.05, 4.69) is 0 Å². The summed E-state index contributed by atoms with van der Waals surface area (Å²) in [5.41, 5.74) is -1.02. The molecular formula is C9H20O3. The van der Waals surface area contributed by atoms with Crippen LogP contribution in [0.15, 0.2) is 0 Å². The highest BCUT2D eigenvalue weighted by Gasteiger charge is 2.27. The van der Waals surface area contributed by atoms with Gasteiger partial charge in [0.25, 0.3) is 0 Å². The second kappa shape index (κ2) is 5.51. The molecule has 0 amide bonds. The largest absolute Gasteiger partial charge is 0.388 e. The van der Waals surface area contributed by atoms with Crippen LogP contribution in [0.25, 0.3) is 0 Å². The smallest absolute Gasteiger partial charge is 0.106 e. The molecule has 12 heavy (non-hydrogen) atoms. The van der Waals surface area contributed by atoms with E-state index in [1.54, 1.807) is 6.92 Å². The summed E-state index contributed by atoms with van der Waals surface area (Å²) in [5.74, 6) is 0. The van der Waals surface area contributed by atoms with Crippen LogP contribution in [0.4, 0.5) is 0 Å². The van der Waals surface area contributed by atoms with Crippen molar-refractivity contribution in [2.24, 2.45) is 0 Å². The third-order valence-electron chi connectivity index (χ3n) is 2.06. The Morgan fingerprint density at radius 2 is 2.00 bits per heavy atom. The summed E-state index contributed by atoms with van der Waals surface area (Å²) in [4.78, 5) is 0. The molecule has 3 nitrogen and oxygen atoms in total. The van der Waals surface area contributed by atoms with Gasteiger partial charge in [-0.1, -0.05) is 13.8 Å². The van der Waals surface area contributed by atoms with Crippen LogP contribution in [0.3, 0.4) is 0 Å². The molecule has 0 aliphatic heterocycles. The van der Waals surface area contributed by atoms with Crippen molar-refractivity contribution in [3.63, 3.8) is 0 Å². The van der Waals surface area contributed by atoms with Crippen LogP contribution in [0, 0.1) is 0 Å². The van der Waals surface area contributed by atoms with Gasteiger partial charge in [-0.15, -0.1) is 0 Å². The summed E-state index contributed by atoms with van der Waals surface area (Å²) in [5, 5.41) is 19.0. The number of aliphatic hydroxyl groups is 2. The molecule has 0 aromatic rings. The van der Waals surface area contributed by atoms with E-state index in [0.29, 0.717) is 13.0 Å². The van der Waals surface area contributed by atoms with Crippen LogP contribution >= 0.6 is 0 Å². The van der Waals surface area contributed by atoms with Crippen LogP contribution in [-0.2, 0) is 4.74 Å². The van der Waals surface area contributed by atoms with E-state index in [-0.39, 0.29) is 6.61 Å². The fraction of sp³-hybridized carbons (Fsp3) is 1.00. The summed E-state index contributed by atoms with van der Waals surface area (Å²) in [7, 11) is 0. The van der Waals surface area contributed by atoms with Crippen molar-refractivity contribution in [1.29, 1.82) is 0 Å². The van der Waals surface area contributed by atoms with Crippen molar-refractivity contribution in [3.05, 3.63) is 0 Å². The molecule has 0 saturated carbocycles. The summed E-state index contributed by atoms with van der Waals surface area (Å²) < 4.78 is 5.12. The van der Waals surface area contributed by atoms with Gasteiger partial charge in [-0.05, 0) is 19.8 Å². The minimum atomic E-state index is -1.02. The van der Waals surface area contributed by atoms with E-state index < -0.39 is 11.7 Å². The Bertz CT molecular complexity index is 112.